The van der Waals surface area contributed by atoms with Gasteiger partial charge in [-0.2, -0.15) is 0 Å². The molecule has 0 aromatic rings. The third-order valence-electron chi connectivity index (χ3n) is 2.82. The summed E-state index contributed by atoms with van der Waals surface area (Å²) < 4.78 is 3.53. The van der Waals surface area contributed by atoms with Crippen LogP contribution < -0.4 is 0 Å². The van der Waals surface area contributed by atoms with Crippen molar-refractivity contribution in [3.63, 3.8) is 0 Å². The predicted molar refractivity (Wildman–Crippen MR) is 64.3 cm³/mol. The molecule has 0 N–H and O–H groups in total. The first kappa shape index (κ1) is 11.3. The van der Waals surface area contributed by atoms with Crippen molar-refractivity contribution in [1.82, 2.24) is 0 Å². The van der Waals surface area contributed by atoms with Crippen LogP contribution in [0, 0.1) is 5.41 Å². The van der Waals surface area contributed by atoms with Gasteiger partial charge in [0.05, 0.1) is 0 Å². The second-order valence-corrected chi connectivity index (χ2v) is 8.87. The fourth-order valence-electron chi connectivity index (χ4n) is 2.06. The van der Waals surface area contributed by atoms with E-state index in [1.165, 1.54) is 12.8 Å². The van der Waals surface area contributed by atoms with Gasteiger partial charge in [0.25, 0.3) is 0 Å². The number of allylic oxidation sites excluding steroid dienone is 8. The van der Waals surface area contributed by atoms with Crippen LogP contribution in [0.5, 0.6) is 0 Å². The molecule has 2 aliphatic rings. The Morgan fingerprint density at radius 1 is 1.20 bits per heavy atom. The van der Waals surface area contributed by atoms with E-state index in [9.17, 15) is 0 Å². The number of hydrogen-bond donors (Lipinski definition) is 0. The average molecular weight is 280 g/mol. The fraction of sp³-hybridized carbons (Fsp3) is 0.429. The third kappa shape index (κ3) is 2.69. The summed E-state index contributed by atoms with van der Waals surface area (Å²) in [5, 5.41) is 0. The van der Waals surface area contributed by atoms with Crippen LogP contribution >= 0.6 is 0 Å². The van der Waals surface area contributed by atoms with Gasteiger partial charge < -0.3 is 2.85 Å². The van der Waals surface area contributed by atoms with Gasteiger partial charge in [0.15, 0.2) is 0 Å². The molecule has 0 aliphatic heterocycles. The van der Waals surface area contributed by atoms with Crippen molar-refractivity contribution < 1.29 is 26.1 Å². The zero-order chi connectivity index (χ0) is 10.9. The van der Waals surface area contributed by atoms with E-state index in [0.29, 0.717) is 5.41 Å². The van der Waals surface area contributed by atoms with Gasteiger partial charge >= 0.3 is 105 Å². The Morgan fingerprint density at radius 3 is 2.60 bits per heavy atom. The Kier molecular flexibility index (Phi) is 3.31. The van der Waals surface area contributed by atoms with Crippen molar-refractivity contribution in [3.8, 4) is 0 Å². The van der Waals surface area contributed by atoms with Crippen LogP contribution in [-0.2, 0) is 23.2 Å². The standard InChI is InChI=1S/C9H13.C5H5.Zr.2H/c1-9(2,3)8-6-4-5-7-8;1-2-4-5-3-1;;;/h4,6H,5H2,1-3H3;1-3H,4H2;;;/q;;+2;2*-1. The molecule has 0 nitrogen and oxygen atoms in total. The molecule has 0 bridgehead atoms. The molecule has 0 spiro atoms. The van der Waals surface area contributed by atoms with Gasteiger partial charge in [0.2, 0.25) is 0 Å². The smallest absolute Gasteiger partial charge is 1.00 e. The minimum atomic E-state index is -0.443. The summed E-state index contributed by atoms with van der Waals surface area (Å²) in [4.78, 5) is 0. The molecule has 2 rings (SSSR count). The zero-order valence-electron chi connectivity index (χ0n) is 11.8. The molecular weight excluding hydrogens is 259 g/mol. The van der Waals surface area contributed by atoms with Crippen molar-refractivity contribution in [3.05, 3.63) is 42.5 Å². The molecule has 0 heterocycles. The normalized spacial score (nSPS) is 19.8. The van der Waals surface area contributed by atoms with Crippen LogP contribution in [0.1, 0.15) is 36.5 Å². The molecule has 0 amide bonds. The molecule has 0 aromatic carbocycles. The maximum atomic E-state index is 2.36. The van der Waals surface area contributed by atoms with Crippen molar-refractivity contribution >= 4 is 0 Å². The van der Waals surface area contributed by atoms with Gasteiger partial charge in [-0.05, 0) is 0 Å². The summed E-state index contributed by atoms with van der Waals surface area (Å²) in [5.74, 6) is 0. The van der Waals surface area contributed by atoms with E-state index in [1.54, 1.807) is 12.1 Å². The quantitative estimate of drug-likeness (QED) is 0.703. The molecule has 0 radical (unpaired) electrons. The molecule has 1 heteroatoms. The Hall–Kier alpha value is -0.157. The minimum absolute atomic E-state index is 0. The number of hydrogen-bond acceptors (Lipinski definition) is 0. The Morgan fingerprint density at radius 2 is 2.00 bits per heavy atom. The molecule has 0 fully saturated rings. The Balaban J connectivity index is 0.00000128. The first-order valence-electron chi connectivity index (χ1n) is 5.60. The first-order chi connectivity index (χ1) is 7.07. The van der Waals surface area contributed by atoms with Crippen LogP contribution in [-0.4, -0.2) is 0 Å². The van der Waals surface area contributed by atoms with Gasteiger partial charge in [-0.1, -0.05) is 0 Å². The fourth-order valence-corrected chi connectivity index (χ4v) is 5.99. The van der Waals surface area contributed by atoms with Crippen molar-refractivity contribution in [2.75, 3.05) is 0 Å². The van der Waals surface area contributed by atoms with Crippen LogP contribution in [0.3, 0.4) is 0 Å². The molecule has 2 aliphatic carbocycles. The molecule has 0 saturated heterocycles. The number of rotatable bonds is 2. The summed E-state index contributed by atoms with van der Waals surface area (Å²) in [5.41, 5.74) is 1.97. The maximum Gasteiger partial charge on any atom is -1.00 e. The topological polar surface area (TPSA) is 0 Å². The Labute approximate surface area is 107 Å². The predicted octanol–water partition coefficient (Wildman–Crippen LogP) is 4.40. The van der Waals surface area contributed by atoms with Gasteiger partial charge in [-0.25, -0.2) is 0 Å². The third-order valence-corrected chi connectivity index (χ3v) is 6.43. The van der Waals surface area contributed by atoms with Crippen LogP contribution in [0.2, 0.25) is 0 Å². The van der Waals surface area contributed by atoms with E-state index in [-0.39, 0.29) is 2.85 Å². The van der Waals surface area contributed by atoms with E-state index >= 15 is 0 Å². The monoisotopic (exact) mass is 278 g/mol. The van der Waals surface area contributed by atoms with E-state index in [4.69, 9.17) is 0 Å². The van der Waals surface area contributed by atoms with Crippen LogP contribution in [0.4, 0.5) is 0 Å². The minimum Gasteiger partial charge on any atom is -1.00 e. The summed E-state index contributed by atoms with van der Waals surface area (Å²) in [6.45, 7) is 7.00. The molecule has 0 aromatic heterocycles. The van der Waals surface area contributed by atoms with Crippen LogP contribution in [0.15, 0.2) is 42.5 Å². The van der Waals surface area contributed by atoms with E-state index < -0.39 is 23.2 Å². The summed E-state index contributed by atoms with van der Waals surface area (Å²) in [6.07, 6.45) is 14.0. The molecule has 80 valence electrons. The van der Waals surface area contributed by atoms with Crippen molar-refractivity contribution in [2.45, 2.75) is 33.6 Å². The summed E-state index contributed by atoms with van der Waals surface area (Å²) >= 11 is -0.443. The molecule has 0 saturated carbocycles. The van der Waals surface area contributed by atoms with E-state index in [0.717, 1.165) is 0 Å². The zero-order valence-corrected chi connectivity index (χ0v) is 12.3. The van der Waals surface area contributed by atoms with Crippen molar-refractivity contribution in [2.24, 2.45) is 5.41 Å². The molecular formula is C14H20Zr. The van der Waals surface area contributed by atoms with Gasteiger partial charge in [-0.3, -0.25) is 0 Å². The largest absolute Gasteiger partial charge is 1.00 e. The van der Waals surface area contributed by atoms with E-state index in [1.807, 2.05) is 0 Å². The molecule has 15 heavy (non-hydrogen) atoms. The second kappa shape index (κ2) is 4.38. The summed E-state index contributed by atoms with van der Waals surface area (Å²) in [7, 11) is 0. The summed E-state index contributed by atoms with van der Waals surface area (Å²) in [6, 6.07) is 0. The van der Waals surface area contributed by atoms with Crippen molar-refractivity contribution in [1.29, 1.82) is 0 Å². The first-order valence-corrected chi connectivity index (χ1v) is 8.06. The Bertz CT molecular complexity index is 382. The molecule has 0 unspecified atom stereocenters. The van der Waals surface area contributed by atoms with Gasteiger partial charge in [0, 0.05) is 0 Å². The SMILES string of the molecule is CC(C)(C)C1=[C]([Zr+2][C]2=CC=CC2)CC=C1.[H-].[H-]. The molecule has 0 atom stereocenters. The van der Waals surface area contributed by atoms with E-state index in [2.05, 4.69) is 51.2 Å². The van der Waals surface area contributed by atoms with Gasteiger partial charge in [-0.15, -0.1) is 0 Å². The van der Waals surface area contributed by atoms with Gasteiger partial charge in [0.1, 0.15) is 0 Å². The van der Waals surface area contributed by atoms with Crippen LogP contribution in [0.25, 0.3) is 0 Å². The maximum absolute atomic E-state index is 2.36. The average Bonchev–Trinajstić information content (AvgIpc) is 2.73. The second-order valence-electron chi connectivity index (χ2n) is 5.20.